The van der Waals surface area contributed by atoms with Crippen molar-refractivity contribution >= 4 is 22.5 Å². The topological polar surface area (TPSA) is 87.8 Å². The van der Waals surface area contributed by atoms with Crippen molar-refractivity contribution in [1.82, 2.24) is 14.9 Å². The van der Waals surface area contributed by atoms with Crippen LogP contribution in [0.25, 0.3) is 22.3 Å². The molecule has 2 aromatic carbocycles. The first-order chi connectivity index (χ1) is 15.9. The molecule has 0 spiro atoms. The standard InChI is InChI=1S/C25H30N4O4/c1-5-29(16(2)30)19-10-12-28(13-11-19)18-8-6-17(7-9-18)24-26-21-14-20(32-3)15-22(33-4)23(21)25(31)27-24/h6-9,14-15,19H,5,10-13H2,1-4H3,(H,26,27,31). The normalized spacial score (nSPS) is 14.4. The number of aromatic nitrogens is 2. The van der Waals surface area contributed by atoms with Gasteiger partial charge in [0.15, 0.2) is 0 Å². The number of nitrogens with zero attached hydrogens (tertiary/aromatic N) is 3. The SMILES string of the molecule is CCN(C(C)=O)C1CCN(c2ccc(-c3nc4cc(OC)cc(OC)c4c(=O)[nH]3)cc2)CC1. The molecule has 1 fully saturated rings. The van der Waals surface area contributed by atoms with E-state index in [1.165, 1.54) is 7.11 Å². The number of rotatable bonds is 6. The van der Waals surface area contributed by atoms with Crippen LogP contribution < -0.4 is 19.9 Å². The van der Waals surface area contributed by atoms with Crippen LogP contribution >= 0.6 is 0 Å². The highest BCUT2D eigenvalue weighted by Crippen LogP contribution is 2.30. The molecule has 174 valence electrons. The maximum absolute atomic E-state index is 12.8. The first-order valence-electron chi connectivity index (χ1n) is 11.2. The molecule has 0 unspecified atom stereocenters. The molecule has 3 aromatic rings. The minimum atomic E-state index is -0.258. The molecule has 1 N–H and O–H groups in total. The highest BCUT2D eigenvalue weighted by molar-refractivity contribution is 5.87. The van der Waals surface area contributed by atoms with E-state index in [2.05, 4.69) is 27.0 Å². The molecule has 0 radical (unpaired) electrons. The van der Waals surface area contributed by atoms with Crippen LogP contribution in [0.15, 0.2) is 41.2 Å². The minimum absolute atomic E-state index is 0.146. The van der Waals surface area contributed by atoms with Crippen molar-refractivity contribution in [1.29, 1.82) is 0 Å². The van der Waals surface area contributed by atoms with Crippen LogP contribution in [-0.2, 0) is 4.79 Å². The summed E-state index contributed by atoms with van der Waals surface area (Å²) in [7, 11) is 3.08. The van der Waals surface area contributed by atoms with Crippen LogP contribution in [0.3, 0.4) is 0 Å². The molecule has 4 rings (SSSR count). The fourth-order valence-electron chi connectivity index (χ4n) is 4.63. The Morgan fingerprint density at radius 1 is 1.15 bits per heavy atom. The minimum Gasteiger partial charge on any atom is -0.497 e. The van der Waals surface area contributed by atoms with Crippen molar-refractivity contribution in [3.05, 3.63) is 46.8 Å². The van der Waals surface area contributed by atoms with E-state index in [1.54, 1.807) is 26.2 Å². The Morgan fingerprint density at radius 3 is 2.42 bits per heavy atom. The maximum Gasteiger partial charge on any atom is 0.262 e. The molecule has 1 amide bonds. The number of carbonyl (C=O) groups excluding carboxylic acids is 1. The number of benzene rings is 2. The van der Waals surface area contributed by atoms with Crippen molar-refractivity contribution in [2.45, 2.75) is 32.7 Å². The van der Waals surface area contributed by atoms with E-state index in [9.17, 15) is 9.59 Å². The van der Waals surface area contributed by atoms with Gasteiger partial charge in [-0.3, -0.25) is 9.59 Å². The first kappa shape index (κ1) is 22.6. The molecule has 2 heterocycles. The van der Waals surface area contributed by atoms with Crippen molar-refractivity contribution in [3.63, 3.8) is 0 Å². The van der Waals surface area contributed by atoms with Crippen LogP contribution in [0, 0.1) is 0 Å². The van der Waals surface area contributed by atoms with E-state index in [0.717, 1.165) is 43.7 Å². The Kier molecular flexibility index (Phi) is 6.53. The molecular formula is C25H30N4O4. The third kappa shape index (κ3) is 4.51. The first-order valence-corrected chi connectivity index (χ1v) is 11.2. The molecule has 0 bridgehead atoms. The Morgan fingerprint density at radius 2 is 1.85 bits per heavy atom. The van der Waals surface area contributed by atoms with Gasteiger partial charge in [-0.2, -0.15) is 0 Å². The monoisotopic (exact) mass is 450 g/mol. The zero-order valence-electron chi connectivity index (χ0n) is 19.6. The van der Waals surface area contributed by atoms with Crippen molar-refractivity contribution in [3.8, 4) is 22.9 Å². The van der Waals surface area contributed by atoms with Crippen LogP contribution in [0.5, 0.6) is 11.5 Å². The van der Waals surface area contributed by atoms with E-state index < -0.39 is 0 Å². The number of nitrogens with one attached hydrogen (secondary N) is 1. The van der Waals surface area contributed by atoms with Crippen molar-refractivity contribution in [2.75, 3.05) is 38.8 Å². The second kappa shape index (κ2) is 9.52. The van der Waals surface area contributed by atoms with Gasteiger partial charge in [0.2, 0.25) is 5.91 Å². The molecule has 1 aliphatic heterocycles. The van der Waals surface area contributed by atoms with E-state index >= 15 is 0 Å². The maximum atomic E-state index is 12.8. The average Bonchev–Trinajstić information content (AvgIpc) is 2.84. The summed E-state index contributed by atoms with van der Waals surface area (Å²) in [5.74, 6) is 1.64. The Labute approximate surface area is 193 Å². The summed E-state index contributed by atoms with van der Waals surface area (Å²) in [6.07, 6.45) is 1.91. The zero-order valence-corrected chi connectivity index (χ0v) is 19.6. The molecule has 1 aliphatic rings. The second-order valence-corrected chi connectivity index (χ2v) is 8.21. The number of piperidine rings is 1. The summed E-state index contributed by atoms with van der Waals surface area (Å²) >= 11 is 0. The number of hydrogen-bond acceptors (Lipinski definition) is 6. The second-order valence-electron chi connectivity index (χ2n) is 8.21. The van der Waals surface area contributed by atoms with E-state index in [1.807, 2.05) is 24.0 Å². The molecule has 33 heavy (non-hydrogen) atoms. The number of aromatic amines is 1. The van der Waals surface area contributed by atoms with Gasteiger partial charge in [-0.1, -0.05) is 0 Å². The molecule has 0 atom stereocenters. The summed E-state index contributed by atoms with van der Waals surface area (Å²) in [5, 5.41) is 0.397. The molecule has 1 aromatic heterocycles. The summed E-state index contributed by atoms with van der Waals surface area (Å²) in [6.45, 7) is 6.23. The highest BCUT2D eigenvalue weighted by atomic mass is 16.5. The Hall–Kier alpha value is -3.55. The number of ether oxygens (including phenoxy) is 2. The predicted octanol–water partition coefficient (Wildman–Crippen LogP) is 3.44. The summed E-state index contributed by atoms with van der Waals surface area (Å²) in [4.78, 5) is 36.4. The van der Waals surface area contributed by atoms with Gasteiger partial charge >= 0.3 is 0 Å². The summed E-state index contributed by atoms with van der Waals surface area (Å²) in [6, 6.07) is 11.8. The van der Waals surface area contributed by atoms with Gasteiger partial charge in [-0.05, 0) is 44.0 Å². The van der Waals surface area contributed by atoms with Gasteiger partial charge < -0.3 is 24.3 Å². The lowest BCUT2D eigenvalue weighted by Crippen LogP contribution is -2.46. The average molecular weight is 451 g/mol. The van der Waals surface area contributed by atoms with Crippen LogP contribution in [0.2, 0.25) is 0 Å². The molecule has 8 nitrogen and oxygen atoms in total. The number of fused-ring (bicyclic) bond motifs is 1. The fraction of sp³-hybridized carbons (Fsp3) is 0.400. The smallest absolute Gasteiger partial charge is 0.262 e. The third-order valence-corrected chi connectivity index (χ3v) is 6.36. The largest absolute Gasteiger partial charge is 0.497 e. The number of anilines is 1. The van der Waals surface area contributed by atoms with Crippen molar-refractivity contribution in [2.24, 2.45) is 0 Å². The number of carbonyl (C=O) groups is 1. The van der Waals surface area contributed by atoms with E-state index in [0.29, 0.717) is 34.3 Å². The lowest BCUT2D eigenvalue weighted by Gasteiger charge is -2.38. The number of H-pyrrole nitrogens is 1. The molecular weight excluding hydrogens is 420 g/mol. The number of amides is 1. The van der Waals surface area contributed by atoms with Gasteiger partial charge in [-0.25, -0.2) is 4.98 Å². The van der Waals surface area contributed by atoms with Gasteiger partial charge in [0, 0.05) is 56.0 Å². The molecule has 8 heteroatoms. The van der Waals surface area contributed by atoms with Crippen LogP contribution in [0.4, 0.5) is 5.69 Å². The van der Waals surface area contributed by atoms with Gasteiger partial charge in [-0.15, -0.1) is 0 Å². The molecule has 0 saturated carbocycles. The predicted molar refractivity (Wildman–Crippen MR) is 129 cm³/mol. The third-order valence-electron chi connectivity index (χ3n) is 6.36. The van der Waals surface area contributed by atoms with Gasteiger partial charge in [0.1, 0.15) is 22.7 Å². The van der Waals surface area contributed by atoms with Gasteiger partial charge in [0.25, 0.3) is 5.56 Å². The fourth-order valence-corrected chi connectivity index (χ4v) is 4.63. The zero-order chi connectivity index (χ0) is 23.5. The van der Waals surface area contributed by atoms with Crippen LogP contribution in [0.1, 0.15) is 26.7 Å². The Bertz CT molecular complexity index is 1200. The lowest BCUT2D eigenvalue weighted by atomic mass is 10.0. The number of hydrogen-bond donors (Lipinski definition) is 1. The number of methoxy groups -OCH3 is 2. The summed E-state index contributed by atoms with van der Waals surface area (Å²) in [5.41, 5.74) is 2.20. The van der Waals surface area contributed by atoms with E-state index in [4.69, 9.17) is 9.47 Å². The molecule has 0 aliphatic carbocycles. The lowest BCUT2D eigenvalue weighted by molar-refractivity contribution is -0.131. The van der Waals surface area contributed by atoms with E-state index in [-0.39, 0.29) is 11.5 Å². The van der Waals surface area contributed by atoms with Gasteiger partial charge in [0.05, 0.1) is 19.7 Å². The highest BCUT2D eigenvalue weighted by Gasteiger charge is 2.25. The molecule has 1 saturated heterocycles. The quantitative estimate of drug-likeness (QED) is 0.619. The Balaban J connectivity index is 1.55. The summed E-state index contributed by atoms with van der Waals surface area (Å²) < 4.78 is 10.7. The van der Waals surface area contributed by atoms with Crippen LogP contribution in [-0.4, -0.2) is 60.7 Å². The van der Waals surface area contributed by atoms with Crippen molar-refractivity contribution < 1.29 is 14.3 Å².